The van der Waals surface area contributed by atoms with Crippen LogP contribution in [0.1, 0.15) is 50.4 Å². The average Bonchev–Trinajstić information content (AvgIpc) is 3.07. The van der Waals surface area contributed by atoms with Gasteiger partial charge in [0.15, 0.2) is 0 Å². The van der Waals surface area contributed by atoms with Crippen LogP contribution in [0.3, 0.4) is 0 Å². The second kappa shape index (κ2) is 17.6. The van der Waals surface area contributed by atoms with Crippen molar-refractivity contribution in [3.63, 3.8) is 0 Å². The quantitative estimate of drug-likeness (QED) is 0.223. The lowest BCUT2D eigenvalue weighted by Crippen LogP contribution is -2.48. The van der Waals surface area contributed by atoms with Gasteiger partial charge in [-0.2, -0.15) is 0 Å². The molecule has 4 N–H and O–H groups in total. The number of aliphatic hydroxyl groups is 1. The van der Waals surface area contributed by atoms with Gasteiger partial charge in [0.05, 0.1) is 30.4 Å². The van der Waals surface area contributed by atoms with Crippen molar-refractivity contribution < 1.29 is 37.7 Å². The van der Waals surface area contributed by atoms with Gasteiger partial charge in [-0.3, -0.25) is 4.79 Å². The standard InChI is InChI=1S/C36H45F2N5O6/c1-23-20-43(24(2)22-44)34(45)31-19-30(40-35(46)39-28-12-8-26(37)9-13-28)16-17-32(31)49-25(3)7-5-6-18-48-33(23)21-42(4)36(47)41-29-14-10-27(38)11-15-29/h8-17,19,23-25,33,44H,5-7,18,20-22H2,1-4H3,(H,41,47)(H2,39,40,46)/t23-,24-,25-,33+/m0/s1. The number of hydrogen-bond donors (Lipinski definition) is 4. The van der Waals surface area contributed by atoms with Gasteiger partial charge in [0.25, 0.3) is 5.91 Å². The largest absolute Gasteiger partial charge is 0.490 e. The molecule has 0 fully saturated rings. The number of halogens is 2. The molecule has 0 aromatic heterocycles. The summed E-state index contributed by atoms with van der Waals surface area (Å²) >= 11 is 0. The number of likely N-dealkylation sites (N-methyl/N-ethyl adjacent to an activating group) is 1. The molecule has 5 amide bonds. The predicted octanol–water partition coefficient (Wildman–Crippen LogP) is 6.57. The molecule has 0 unspecified atom stereocenters. The van der Waals surface area contributed by atoms with E-state index >= 15 is 0 Å². The Hall–Kier alpha value is -4.75. The average molecular weight is 682 g/mol. The fraction of sp³-hybridized carbons (Fsp3) is 0.417. The maximum atomic E-state index is 14.3. The fourth-order valence-electron chi connectivity index (χ4n) is 5.39. The number of anilines is 3. The Kier molecular flexibility index (Phi) is 13.3. The van der Waals surface area contributed by atoms with Crippen LogP contribution in [-0.4, -0.2) is 84.5 Å². The topological polar surface area (TPSA) is 132 Å². The Morgan fingerprint density at radius 3 is 2.16 bits per heavy atom. The number of carbonyl (C=O) groups is 3. The van der Waals surface area contributed by atoms with Gasteiger partial charge in [0.1, 0.15) is 17.4 Å². The summed E-state index contributed by atoms with van der Waals surface area (Å²) in [6, 6.07) is 14.0. The zero-order chi connectivity index (χ0) is 35.5. The van der Waals surface area contributed by atoms with Crippen LogP contribution in [0.25, 0.3) is 0 Å². The van der Waals surface area contributed by atoms with Crippen LogP contribution in [0.2, 0.25) is 0 Å². The number of urea groups is 2. The zero-order valence-corrected chi connectivity index (χ0v) is 28.2. The summed E-state index contributed by atoms with van der Waals surface area (Å²) in [6.45, 7) is 6.07. The molecule has 0 radical (unpaired) electrons. The number of aliphatic hydroxyl groups excluding tert-OH is 1. The van der Waals surface area contributed by atoms with E-state index in [1.807, 2.05) is 13.8 Å². The zero-order valence-electron chi connectivity index (χ0n) is 28.2. The molecule has 264 valence electrons. The van der Waals surface area contributed by atoms with Crippen molar-refractivity contribution in [1.29, 1.82) is 0 Å². The van der Waals surface area contributed by atoms with Gasteiger partial charge < -0.3 is 40.3 Å². The molecule has 4 atom stereocenters. The van der Waals surface area contributed by atoms with Crippen molar-refractivity contribution in [3.8, 4) is 5.75 Å². The maximum Gasteiger partial charge on any atom is 0.323 e. The van der Waals surface area contributed by atoms with E-state index in [-0.39, 0.29) is 37.3 Å². The van der Waals surface area contributed by atoms with Gasteiger partial charge >= 0.3 is 12.1 Å². The van der Waals surface area contributed by atoms with E-state index in [0.29, 0.717) is 35.8 Å². The Morgan fingerprint density at radius 2 is 1.53 bits per heavy atom. The predicted molar refractivity (Wildman–Crippen MR) is 184 cm³/mol. The molecule has 1 aliphatic heterocycles. The highest BCUT2D eigenvalue weighted by Crippen LogP contribution is 2.29. The van der Waals surface area contributed by atoms with Gasteiger partial charge in [-0.05, 0) is 99.8 Å². The minimum atomic E-state index is -0.591. The molecule has 0 saturated heterocycles. The highest BCUT2D eigenvalue weighted by Gasteiger charge is 2.31. The van der Waals surface area contributed by atoms with E-state index in [1.165, 1.54) is 59.5 Å². The lowest BCUT2D eigenvalue weighted by molar-refractivity contribution is -0.0115. The van der Waals surface area contributed by atoms with Gasteiger partial charge in [0.2, 0.25) is 0 Å². The molecule has 0 saturated carbocycles. The third-order valence-corrected chi connectivity index (χ3v) is 8.31. The van der Waals surface area contributed by atoms with Crippen molar-refractivity contribution in [3.05, 3.63) is 83.9 Å². The molecule has 0 spiro atoms. The number of rotatable bonds is 7. The summed E-state index contributed by atoms with van der Waals surface area (Å²) in [5, 5.41) is 18.3. The number of fused-ring (bicyclic) bond motifs is 1. The highest BCUT2D eigenvalue weighted by atomic mass is 19.1. The van der Waals surface area contributed by atoms with Gasteiger partial charge in [0, 0.05) is 49.7 Å². The number of nitrogens with zero attached hydrogens (tertiary/aromatic N) is 2. The number of ether oxygens (including phenoxy) is 2. The molecule has 3 aromatic carbocycles. The first-order valence-electron chi connectivity index (χ1n) is 16.4. The summed E-state index contributed by atoms with van der Waals surface area (Å²) in [5.74, 6) is -1.21. The summed E-state index contributed by atoms with van der Waals surface area (Å²) in [5.41, 5.74) is 1.36. The minimum absolute atomic E-state index is 0.177. The highest BCUT2D eigenvalue weighted by molar-refractivity contribution is 6.02. The maximum absolute atomic E-state index is 14.3. The Balaban J connectivity index is 1.57. The molecule has 0 aliphatic carbocycles. The molecule has 3 aromatic rings. The fourth-order valence-corrected chi connectivity index (χ4v) is 5.39. The smallest absolute Gasteiger partial charge is 0.323 e. The first kappa shape index (κ1) is 37.1. The second-order valence-electron chi connectivity index (χ2n) is 12.4. The third kappa shape index (κ3) is 10.9. The molecular weight excluding hydrogens is 636 g/mol. The summed E-state index contributed by atoms with van der Waals surface area (Å²) in [4.78, 5) is 43.1. The van der Waals surface area contributed by atoms with Crippen LogP contribution < -0.4 is 20.7 Å². The first-order valence-corrected chi connectivity index (χ1v) is 16.4. The Morgan fingerprint density at radius 1 is 0.939 bits per heavy atom. The Bertz CT molecular complexity index is 1560. The number of benzene rings is 3. The van der Waals surface area contributed by atoms with Crippen LogP contribution in [0.5, 0.6) is 5.75 Å². The lowest BCUT2D eigenvalue weighted by atomic mass is 10.0. The summed E-state index contributed by atoms with van der Waals surface area (Å²) < 4.78 is 39.2. The third-order valence-electron chi connectivity index (χ3n) is 8.31. The number of amides is 5. The number of carbonyl (C=O) groups excluding carboxylic acids is 3. The second-order valence-corrected chi connectivity index (χ2v) is 12.4. The van der Waals surface area contributed by atoms with Gasteiger partial charge in [-0.15, -0.1) is 0 Å². The first-order chi connectivity index (χ1) is 23.4. The molecule has 11 nitrogen and oxygen atoms in total. The van der Waals surface area contributed by atoms with E-state index in [1.54, 1.807) is 31.0 Å². The number of hydrogen-bond acceptors (Lipinski definition) is 6. The van der Waals surface area contributed by atoms with E-state index < -0.39 is 41.7 Å². The molecule has 13 heteroatoms. The molecule has 1 aliphatic rings. The summed E-state index contributed by atoms with van der Waals surface area (Å²) in [7, 11) is 1.63. The van der Waals surface area contributed by atoms with Crippen LogP contribution in [-0.2, 0) is 4.74 Å². The van der Waals surface area contributed by atoms with Gasteiger partial charge in [-0.25, -0.2) is 18.4 Å². The van der Waals surface area contributed by atoms with Crippen LogP contribution >= 0.6 is 0 Å². The molecule has 4 rings (SSSR count). The lowest BCUT2D eigenvalue weighted by Gasteiger charge is -2.35. The van der Waals surface area contributed by atoms with Crippen molar-refractivity contribution in [2.45, 2.75) is 58.3 Å². The SMILES string of the molecule is C[C@H]1CCCCO[C@H](CN(C)C(=O)Nc2ccc(F)cc2)[C@@H](C)CN([C@@H](C)CO)C(=O)c2cc(NC(=O)Nc3ccc(F)cc3)ccc2O1. The van der Waals surface area contributed by atoms with Gasteiger partial charge in [-0.1, -0.05) is 6.92 Å². The molecule has 1 heterocycles. The van der Waals surface area contributed by atoms with E-state index in [9.17, 15) is 28.3 Å². The van der Waals surface area contributed by atoms with Crippen LogP contribution in [0, 0.1) is 17.6 Å². The minimum Gasteiger partial charge on any atom is -0.490 e. The van der Waals surface area contributed by atoms with E-state index in [0.717, 1.165) is 12.8 Å². The molecule has 0 bridgehead atoms. The number of nitrogens with one attached hydrogen (secondary N) is 3. The van der Waals surface area contributed by atoms with Crippen molar-refractivity contribution in [2.24, 2.45) is 5.92 Å². The van der Waals surface area contributed by atoms with Crippen molar-refractivity contribution >= 4 is 35.0 Å². The monoisotopic (exact) mass is 681 g/mol. The van der Waals surface area contributed by atoms with Crippen LogP contribution in [0.4, 0.5) is 35.4 Å². The molecule has 49 heavy (non-hydrogen) atoms. The van der Waals surface area contributed by atoms with E-state index in [2.05, 4.69) is 16.0 Å². The summed E-state index contributed by atoms with van der Waals surface area (Å²) in [6.07, 6.45) is 1.52. The Labute approximate surface area is 285 Å². The normalized spacial score (nSPS) is 19.4. The van der Waals surface area contributed by atoms with Crippen molar-refractivity contribution in [2.75, 3.05) is 49.3 Å². The van der Waals surface area contributed by atoms with Crippen molar-refractivity contribution in [1.82, 2.24) is 9.80 Å². The van der Waals surface area contributed by atoms with Crippen LogP contribution in [0.15, 0.2) is 66.7 Å². The van der Waals surface area contributed by atoms with E-state index in [4.69, 9.17) is 9.47 Å². The molecular formula is C36H45F2N5O6.